The fourth-order valence-electron chi connectivity index (χ4n) is 0.719. The standard InChI is InChI=1S/C7H8N2O2.CH3NO/c1-5-3-4-7(9(10)11)8-6(5)2;2-1-3/h3-4H,1-2H3;1H,(H2,2,3). The quantitative estimate of drug-likeness (QED) is 0.407. The zero-order valence-corrected chi connectivity index (χ0v) is 7.93. The predicted octanol–water partition coefficient (Wildman–Crippen LogP) is 0.708. The molecule has 6 nitrogen and oxygen atoms in total. The molecule has 0 radical (unpaired) electrons. The largest absolute Gasteiger partial charge is 0.372 e. The van der Waals surface area contributed by atoms with Gasteiger partial charge in [-0.2, -0.15) is 0 Å². The van der Waals surface area contributed by atoms with Gasteiger partial charge in [0.1, 0.15) is 0 Å². The Morgan fingerprint density at radius 3 is 2.36 bits per heavy atom. The van der Waals surface area contributed by atoms with Crippen molar-refractivity contribution in [3.63, 3.8) is 0 Å². The summed E-state index contributed by atoms with van der Waals surface area (Å²) in [6.07, 6.45) is 0.250. The van der Waals surface area contributed by atoms with E-state index in [4.69, 9.17) is 4.79 Å². The first-order chi connectivity index (χ1) is 6.52. The zero-order chi connectivity index (χ0) is 11.1. The Labute approximate surface area is 80.9 Å². The Hall–Kier alpha value is -1.98. The molecule has 1 heterocycles. The normalized spacial score (nSPS) is 8.43. The van der Waals surface area contributed by atoms with E-state index in [0.717, 1.165) is 5.56 Å². The molecule has 0 aliphatic heterocycles. The molecule has 1 aromatic rings. The van der Waals surface area contributed by atoms with Gasteiger partial charge in [-0.25, -0.2) is 0 Å². The number of hydrogen-bond donors (Lipinski definition) is 1. The number of pyridine rings is 1. The van der Waals surface area contributed by atoms with Gasteiger partial charge in [-0.3, -0.25) is 4.79 Å². The number of amides is 1. The molecule has 6 heteroatoms. The molecule has 76 valence electrons. The lowest BCUT2D eigenvalue weighted by Crippen LogP contribution is -1.94. The van der Waals surface area contributed by atoms with Gasteiger partial charge in [-0.1, -0.05) is 0 Å². The second-order valence-electron chi connectivity index (χ2n) is 2.46. The molecular formula is C8H11N3O3. The molecule has 0 bridgehead atoms. The van der Waals surface area contributed by atoms with Crippen molar-refractivity contribution in [3.8, 4) is 0 Å². The molecule has 0 saturated heterocycles. The number of nitro groups is 1. The van der Waals surface area contributed by atoms with E-state index in [9.17, 15) is 10.1 Å². The molecule has 0 unspecified atom stereocenters. The second-order valence-corrected chi connectivity index (χ2v) is 2.46. The average molecular weight is 197 g/mol. The molecule has 0 aromatic carbocycles. The first-order valence-corrected chi connectivity index (χ1v) is 3.77. The van der Waals surface area contributed by atoms with E-state index < -0.39 is 4.92 Å². The van der Waals surface area contributed by atoms with Crippen molar-refractivity contribution in [3.05, 3.63) is 33.5 Å². The average Bonchev–Trinajstić information content (AvgIpc) is 2.10. The van der Waals surface area contributed by atoms with Gasteiger partial charge in [0, 0.05) is 13.0 Å². The maximum Gasteiger partial charge on any atom is 0.363 e. The van der Waals surface area contributed by atoms with E-state index in [2.05, 4.69) is 10.7 Å². The molecule has 1 rings (SSSR count). The Kier molecular flexibility index (Phi) is 4.83. The van der Waals surface area contributed by atoms with Gasteiger partial charge in [-0.15, -0.1) is 0 Å². The molecule has 1 aromatic heterocycles. The summed E-state index contributed by atoms with van der Waals surface area (Å²) in [5.41, 5.74) is 5.84. The van der Waals surface area contributed by atoms with Crippen LogP contribution in [-0.4, -0.2) is 16.3 Å². The van der Waals surface area contributed by atoms with Gasteiger partial charge in [0.05, 0.1) is 0 Å². The topological polar surface area (TPSA) is 99.1 Å². The molecule has 0 spiro atoms. The predicted molar refractivity (Wildman–Crippen MR) is 50.6 cm³/mol. The van der Waals surface area contributed by atoms with Crippen LogP contribution in [0.15, 0.2) is 12.1 Å². The van der Waals surface area contributed by atoms with Crippen LogP contribution in [0.2, 0.25) is 0 Å². The third kappa shape index (κ3) is 3.61. The summed E-state index contributed by atoms with van der Waals surface area (Å²) in [6.45, 7) is 3.62. The molecular weight excluding hydrogens is 186 g/mol. The number of rotatable bonds is 1. The molecule has 0 atom stereocenters. The van der Waals surface area contributed by atoms with Gasteiger partial charge in [0.15, 0.2) is 5.69 Å². The Morgan fingerprint density at radius 2 is 2.00 bits per heavy atom. The number of primary amides is 1. The molecule has 0 fully saturated rings. The van der Waals surface area contributed by atoms with Crippen LogP contribution in [0.25, 0.3) is 0 Å². The van der Waals surface area contributed by atoms with E-state index in [1.807, 2.05) is 6.92 Å². The number of nitrogens with zero attached hydrogens (tertiary/aromatic N) is 2. The number of hydrogen-bond acceptors (Lipinski definition) is 4. The van der Waals surface area contributed by atoms with Crippen molar-refractivity contribution in [2.75, 3.05) is 0 Å². The first-order valence-electron chi connectivity index (χ1n) is 3.77. The van der Waals surface area contributed by atoms with E-state index in [1.54, 1.807) is 13.0 Å². The van der Waals surface area contributed by atoms with E-state index in [1.165, 1.54) is 6.07 Å². The lowest BCUT2D eigenvalue weighted by atomic mass is 10.2. The summed E-state index contributed by atoms with van der Waals surface area (Å²) in [7, 11) is 0. The summed E-state index contributed by atoms with van der Waals surface area (Å²) >= 11 is 0. The second kappa shape index (κ2) is 5.63. The minimum atomic E-state index is -0.494. The minimum absolute atomic E-state index is 0.0897. The van der Waals surface area contributed by atoms with Crippen LogP contribution in [0, 0.1) is 24.0 Å². The van der Waals surface area contributed by atoms with Gasteiger partial charge >= 0.3 is 5.82 Å². The summed E-state index contributed by atoms with van der Waals surface area (Å²) in [6, 6.07) is 3.10. The van der Waals surface area contributed by atoms with Gasteiger partial charge in [0.2, 0.25) is 6.41 Å². The number of aryl methyl sites for hydroxylation is 2. The number of carbonyl (C=O) groups is 1. The highest BCUT2D eigenvalue weighted by Crippen LogP contribution is 2.10. The monoisotopic (exact) mass is 197 g/mol. The Balaban J connectivity index is 0.000000500. The Bertz CT molecular complexity index is 339. The van der Waals surface area contributed by atoms with Crippen LogP contribution in [-0.2, 0) is 4.79 Å². The zero-order valence-electron chi connectivity index (χ0n) is 7.93. The summed E-state index contributed by atoms with van der Waals surface area (Å²) in [4.78, 5) is 22.1. The van der Waals surface area contributed by atoms with Crippen molar-refractivity contribution in [1.29, 1.82) is 0 Å². The van der Waals surface area contributed by atoms with Gasteiger partial charge in [0.25, 0.3) is 0 Å². The van der Waals surface area contributed by atoms with Crippen molar-refractivity contribution in [2.45, 2.75) is 13.8 Å². The van der Waals surface area contributed by atoms with Crippen molar-refractivity contribution < 1.29 is 9.72 Å². The number of nitrogens with two attached hydrogens (primary N) is 1. The molecule has 0 aliphatic carbocycles. The van der Waals surface area contributed by atoms with E-state index >= 15 is 0 Å². The lowest BCUT2D eigenvalue weighted by Gasteiger charge is -1.94. The Morgan fingerprint density at radius 1 is 1.50 bits per heavy atom. The van der Waals surface area contributed by atoms with Crippen molar-refractivity contribution in [1.82, 2.24) is 4.98 Å². The van der Waals surface area contributed by atoms with Crippen molar-refractivity contribution >= 4 is 12.2 Å². The van der Waals surface area contributed by atoms with E-state index in [0.29, 0.717) is 5.69 Å². The number of aromatic nitrogens is 1. The van der Waals surface area contributed by atoms with E-state index in [-0.39, 0.29) is 12.2 Å². The van der Waals surface area contributed by atoms with Gasteiger partial charge in [-0.05, 0) is 28.5 Å². The highest BCUT2D eigenvalue weighted by atomic mass is 16.6. The highest BCUT2D eigenvalue weighted by Gasteiger charge is 2.07. The summed E-state index contributed by atoms with van der Waals surface area (Å²) < 4.78 is 0. The molecule has 0 saturated carbocycles. The molecule has 2 N–H and O–H groups in total. The van der Waals surface area contributed by atoms with Crippen molar-refractivity contribution in [2.24, 2.45) is 5.73 Å². The molecule has 0 aliphatic rings. The number of carbonyl (C=O) groups excluding carboxylic acids is 1. The van der Waals surface area contributed by atoms with Crippen LogP contribution in [0.3, 0.4) is 0 Å². The smallest absolute Gasteiger partial charge is 0.363 e. The fourth-order valence-corrected chi connectivity index (χ4v) is 0.719. The first kappa shape index (κ1) is 12.0. The van der Waals surface area contributed by atoms with Crippen LogP contribution in [0.4, 0.5) is 5.82 Å². The minimum Gasteiger partial charge on any atom is -0.372 e. The highest BCUT2D eigenvalue weighted by molar-refractivity contribution is 5.42. The molecule has 14 heavy (non-hydrogen) atoms. The SMILES string of the molecule is Cc1ccc([N+](=O)[O-])nc1C.NC=O. The third-order valence-electron chi connectivity index (χ3n) is 1.52. The van der Waals surface area contributed by atoms with Crippen LogP contribution < -0.4 is 5.73 Å². The summed E-state index contributed by atoms with van der Waals surface area (Å²) in [5.74, 6) is -0.0897. The van der Waals surface area contributed by atoms with Crippen LogP contribution in [0.1, 0.15) is 11.3 Å². The van der Waals surface area contributed by atoms with Crippen LogP contribution in [0.5, 0.6) is 0 Å². The lowest BCUT2D eigenvalue weighted by molar-refractivity contribution is -0.389. The van der Waals surface area contributed by atoms with Gasteiger partial charge < -0.3 is 15.8 Å². The maximum absolute atomic E-state index is 10.2. The maximum atomic E-state index is 10.2. The van der Waals surface area contributed by atoms with Crippen LogP contribution >= 0.6 is 0 Å². The fraction of sp³-hybridized carbons (Fsp3) is 0.250. The summed E-state index contributed by atoms with van der Waals surface area (Å²) in [5, 5.41) is 10.2. The molecule has 1 amide bonds. The third-order valence-corrected chi connectivity index (χ3v) is 1.52.